The van der Waals surface area contributed by atoms with Crippen LogP contribution in [0.2, 0.25) is 0 Å². The van der Waals surface area contributed by atoms with Crippen molar-refractivity contribution in [1.82, 2.24) is 24.7 Å². The molecule has 1 N–H and O–H groups in total. The summed E-state index contributed by atoms with van der Waals surface area (Å²) in [4.78, 5) is 0. The molecule has 0 atom stereocenters. The molecule has 2 aromatic heterocycles. The van der Waals surface area contributed by atoms with E-state index in [0.717, 1.165) is 16.9 Å². The van der Waals surface area contributed by atoms with E-state index in [1.54, 1.807) is 6.21 Å². The molecule has 6 nitrogen and oxygen atoms in total. The number of aromatic nitrogens is 5. The zero-order valence-electron chi connectivity index (χ0n) is 10.8. The number of hydrogen-bond donors (Lipinski definition) is 1. The Balaban J connectivity index is 2.02. The molecule has 0 radical (unpaired) electrons. The van der Waals surface area contributed by atoms with Crippen LogP contribution in [0.5, 0.6) is 0 Å². The molecular formula is C13H12N6S. The van der Waals surface area contributed by atoms with E-state index < -0.39 is 0 Å². The number of para-hydroxylation sites is 1. The molecule has 0 fully saturated rings. The summed E-state index contributed by atoms with van der Waals surface area (Å²) in [7, 11) is 0. The molecule has 0 saturated heterocycles. The second kappa shape index (κ2) is 5.22. The van der Waals surface area contributed by atoms with Gasteiger partial charge in [-0.1, -0.05) is 30.4 Å². The lowest BCUT2D eigenvalue weighted by atomic mass is 10.3. The van der Waals surface area contributed by atoms with Crippen LogP contribution in [0.4, 0.5) is 0 Å². The van der Waals surface area contributed by atoms with Crippen LogP contribution in [0.25, 0.3) is 5.69 Å². The average Bonchev–Trinajstić information content (AvgIpc) is 3.07. The highest BCUT2D eigenvalue weighted by Gasteiger charge is 2.07. The molecular weight excluding hydrogens is 272 g/mol. The molecule has 0 aliphatic carbocycles. The third-order valence-electron chi connectivity index (χ3n) is 2.86. The Kier molecular flexibility index (Phi) is 3.26. The number of nitrogens with zero attached hydrogens (tertiary/aromatic N) is 5. The quantitative estimate of drug-likeness (QED) is 0.593. The molecule has 1 aromatic carbocycles. The second-order valence-electron chi connectivity index (χ2n) is 4.21. The highest BCUT2D eigenvalue weighted by molar-refractivity contribution is 7.71. The Morgan fingerprint density at radius 1 is 1.20 bits per heavy atom. The molecule has 3 rings (SSSR count). The van der Waals surface area contributed by atoms with Crippen LogP contribution in [0, 0.1) is 11.6 Å². The second-order valence-corrected chi connectivity index (χ2v) is 4.60. The fourth-order valence-electron chi connectivity index (χ4n) is 1.85. The maximum Gasteiger partial charge on any atom is 0.141 e. The molecule has 3 aromatic rings. The zero-order chi connectivity index (χ0) is 13.9. The fourth-order valence-corrected chi connectivity index (χ4v) is 2.21. The first kappa shape index (κ1) is 12.5. The van der Waals surface area contributed by atoms with Crippen LogP contribution in [0.3, 0.4) is 0 Å². The first-order chi connectivity index (χ1) is 9.75. The molecule has 0 aliphatic rings. The van der Waals surface area contributed by atoms with Crippen molar-refractivity contribution in [3.8, 4) is 5.69 Å². The largest absolute Gasteiger partial charge is 0.297 e. The summed E-state index contributed by atoms with van der Waals surface area (Å²) in [6, 6.07) is 9.90. The van der Waals surface area contributed by atoms with Gasteiger partial charge in [0, 0.05) is 5.69 Å². The van der Waals surface area contributed by atoms with E-state index in [0.29, 0.717) is 4.64 Å². The summed E-state index contributed by atoms with van der Waals surface area (Å²) in [5.74, 6) is 0. The van der Waals surface area contributed by atoms with Gasteiger partial charge in [-0.3, -0.25) is 5.10 Å². The zero-order valence-corrected chi connectivity index (χ0v) is 11.6. The third-order valence-corrected chi connectivity index (χ3v) is 3.26. The molecule has 0 spiro atoms. The molecule has 7 heteroatoms. The highest BCUT2D eigenvalue weighted by atomic mass is 32.1. The summed E-state index contributed by atoms with van der Waals surface area (Å²) in [6.45, 7) is 1.96. The van der Waals surface area contributed by atoms with Crippen LogP contribution in [0.15, 0.2) is 48.1 Å². The molecule has 0 aliphatic heterocycles. The molecule has 0 amide bonds. The predicted molar refractivity (Wildman–Crippen MR) is 78.7 cm³/mol. The van der Waals surface area contributed by atoms with Gasteiger partial charge in [0.05, 0.1) is 17.5 Å². The SMILES string of the molecule is Cc1[nH]n(-c2ccccc2)c(=S)c1C=Nn1cnnc1. The van der Waals surface area contributed by atoms with Crippen molar-refractivity contribution in [2.75, 3.05) is 0 Å². The summed E-state index contributed by atoms with van der Waals surface area (Å²) < 4.78 is 4.07. The Labute approximate surface area is 120 Å². The van der Waals surface area contributed by atoms with Crippen molar-refractivity contribution < 1.29 is 0 Å². The van der Waals surface area contributed by atoms with Gasteiger partial charge in [0.1, 0.15) is 17.3 Å². The molecule has 20 heavy (non-hydrogen) atoms. The number of H-pyrrole nitrogens is 1. The average molecular weight is 284 g/mol. The number of aromatic amines is 1. The Morgan fingerprint density at radius 3 is 2.60 bits per heavy atom. The molecule has 0 bridgehead atoms. The van der Waals surface area contributed by atoms with Crippen LogP contribution in [0.1, 0.15) is 11.3 Å². The minimum absolute atomic E-state index is 0.686. The van der Waals surface area contributed by atoms with Gasteiger partial charge in [0.15, 0.2) is 0 Å². The summed E-state index contributed by atoms with van der Waals surface area (Å²) >= 11 is 5.49. The van der Waals surface area contributed by atoms with E-state index in [4.69, 9.17) is 12.2 Å². The summed E-state index contributed by atoms with van der Waals surface area (Å²) in [5, 5.41) is 14.9. The first-order valence-corrected chi connectivity index (χ1v) is 6.42. The van der Waals surface area contributed by atoms with Crippen LogP contribution in [-0.2, 0) is 0 Å². The minimum atomic E-state index is 0.686. The van der Waals surface area contributed by atoms with Crippen molar-refractivity contribution in [3.05, 3.63) is 58.9 Å². The molecule has 100 valence electrons. The molecule has 0 saturated carbocycles. The lowest BCUT2D eigenvalue weighted by Crippen LogP contribution is -1.95. The number of aryl methyl sites for hydroxylation is 1. The fraction of sp³-hybridized carbons (Fsp3) is 0.0769. The van der Waals surface area contributed by atoms with E-state index in [1.165, 1.54) is 17.3 Å². The third kappa shape index (κ3) is 2.30. The number of hydrogen-bond acceptors (Lipinski definition) is 4. The standard InChI is InChI=1S/C13H12N6S/c1-10-12(7-16-18-8-14-15-9-18)13(20)19(17-10)11-5-3-2-4-6-11/h2-9,17H,1H3. The lowest BCUT2D eigenvalue weighted by molar-refractivity contribution is 0.852. The van der Waals surface area contributed by atoms with Crippen LogP contribution in [-0.4, -0.2) is 30.9 Å². The van der Waals surface area contributed by atoms with E-state index in [1.807, 2.05) is 41.9 Å². The minimum Gasteiger partial charge on any atom is -0.297 e. The van der Waals surface area contributed by atoms with Crippen LogP contribution >= 0.6 is 12.2 Å². The predicted octanol–water partition coefficient (Wildman–Crippen LogP) is 2.32. The Bertz CT molecular complexity index is 782. The maximum atomic E-state index is 5.49. The van der Waals surface area contributed by atoms with Crippen LogP contribution < -0.4 is 0 Å². The van der Waals surface area contributed by atoms with Gasteiger partial charge in [0.25, 0.3) is 0 Å². The van der Waals surface area contributed by atoms with Crippen molar-refractivity contribution in [3.63, 3.8) is 0 Å². The normalized spacial score (nSPS) is 11.2. The van der Waals surface area contributed by atoms with Gasteiger partial charge in [-0.2, -0.15) is 5.10 Å². The molecule has 0 unspecified atom stereocenters. The van der Waals surface area contributed by atoms with Crippen molar-refractivity contribution in [2.24, 2.45) is 5.10 Å². The van der Waals surface area contributed by atoms with E-state index in [-0.39, 0.29) is 0 Å². The maximum absolute atomic E-state index is 5.49. The van der Waals surface area contributed by atoms with Gasteiger partial charge >= 0.3 is 0 Å². The van der Waals surface area contributed by atoms with Gasteiger partial charge < -0.3 is 0 Å². The van der Waals surface area contributed by atoms with Gasteiger partial charge in [-0.05, 0) is 19.1 Å². The van der Waals surface area contributed by atoms with E-state index >= 15 is 0 Å². The summed E-state index contributed by atoms with van der Waals surface area (Å²) in [5.41, 5.74) is 2.82. The van der Waals surface area contributed by atoms with Gasteiger partial charge in [-0.15, -0.1) is 10.2 Å². The first-order valence-electron chi connectivity index (χ1n) is 6.02. The lowest BCUT2D eigenvalue weighted by Gasteiger charge is -2.01. The van der Waals surface area contributed by atoms with Gasteiger partial charge in [-0.25, -0.2) is 9.36 Å². The topological polar surface area (TPSA) is 63.8 Å². The summed E-state index contributed by atoms with van der Waals surface area (Å²) in [6.07, 6.45) is 4.75. The van der Waals surface area contributed by atoms with Crippen molar-refractivity contribution in [2.45, 2.75) is 6.92 Å². The Morgan fingerprint density at radius 2 is 1.90 bits per heavy atom. The smallest absolute Gasteiger partial charge is 0.141 e. The van der Waals surface area contributed by atoms with E-state index in [9.17, 15) is 0 Å². The number of nitrogens with one attached hydrogen (secondary N) is 1. The van der Waals surface area contributed by atoms with Gasteiger partial charge in [0.2, 0.25) is 0 Å². The number of benzene rings is 1. The van der Waals surface area contributed by atoms with Crippen molar-refractivity contribution in [1.29, 1.82) is 0 Å². The molecule has 2 heterocycles. The van der Waals surface area contributed by atoms with E-state index in [2.05, 4.69) is 20.4 Å². The number of rotatable bonds is 3. The monoisotopic (exact) mass is 284 g/mol. The van der Waals surface area contributed by atoms with Crippen molar-refractivity contribution >= 4 is 18.4 Å². The Hall–Kier alpha value is -2.54. The highest BCUT2D eigenvalue weighted by Crippen LogP contribution is 2.13.